The SMILES string of the molecule is COC(=O)C(C)(O)CSc1ccccc1[N+](=O)[O-]. The highest BCUT2D eigenvalue weighted by Gasteiger charge is 2.32. The van der Waals surface area contributed by atoms with Crippen molar-refractivity contribution in [2.45, 2.75) is 17.4 Å². The Kier molecular flexibility index (Phi) is 4.69. The molecule has 0 aliphatic heterocycles. The molecule has 18 heavy (non-hydrogen) atoms. The first-order valence-corrected chi connectivity index (χ1v) is 6.04. The number of carbonyl (C=O) groups is 1. The number of hydrogen-bond donors (Lipinski definition) is 1. The smallest absolute Gasteiger partial charge is 0.338 e. The second kappa shape index (κ2) is 5.83. The summed E-state index contributed by atoms with van der Waals surface area (Å²) in [5.41, 5.74) is -1.73. The molecule has 1 aromatic carbocycles. The average molecular weight is 271 g/mol. The molecule has 1 aromatic rings. The van der Waals surface area contributed by atoms with Gasteiger partial charge in [-0.05, 0) is 13.0 Å². The van der Waals surface area contributed by atoms with Crippen molar-refractivity contribution in [3.05, 3.63) is 34.4 Å². The molecule has 0 saturated heterocycles. The van der Waals surface area contributed by atoms with Gasteiger partial charge < -0.3 is 9.84 Å². The molecule has 0 bridgehead atoms. The summed E-state index contributed by atoms with van der Waals surface area (Å²) < 4.78 is 4.44. The standard InChI is InChI=1S/C11H13NO5S/c1-11(14,10(13)17-2)7-18-9-6-4-3-5-8(9)12(15)16/h3-6,14H,7H2,1-2H3. The van der Waals surface area contributed by atoms with Gasteiger partial charge in [-0.3, -0.25) is 10.1 Å². The van der Waals surface area contributed by atoms with E-state index in [2.05, 4.69) is 4.74 Å². The number of hydrogen-bond acceptors (Lipinski definition) is 6. The molecule has 6 nitrogen and oxygen atoms in total. The Bertz CT molecular complexity index is 461. The van der Waals surface area contributed by atoms with Crippen molar-refractivity contribution in [2.24, 2.45) is 0 Å². The van der Waals surface area contributed by atoms with Crippen LogP contribution in [0.1, 0.15) is 6.92 Å². The highest BCUT2D eigenvalue weighted by molar-refractivity contribution is 7.99. The van der Waals surface area contributed by atoms with Crippen LogP contribution < -0.4 is 0 Å². The van der Waals surface area contributed by atoms with Crippen LogP contribution in [-0.4, -0.2) is 34.5 Å². The number of nitro groups is 1. The lowest BCUT2D eigenvalue weighted by Crippen LogP contribution is -2.38. The van der Waals surface area contributed by atoms with E-state index in [4.69, 9.17) is 0 Å². The maximum Gasteiger partial charge on any atom is 0.338 e. The van der Waals surface area contributed by atoms with E-state index in [0.717, 1.165) is 11.8 Å². The van der Waals surface area contributed by atoms with E-state index in [1.807, 2.05) is 0 Å². The minimum Gasteiger partial charge on any atom is -0.467 e. The van der Waals surface area contributed by atoms with Gasteiger partial charge in [-0.15, -0.1) is 11.8 Å². The Morgan fingerprint density at radius 3 is 2.72 bits per heavy atom. The van der Waals surface area contributed by atoms with E-state index < -0.39 is 16.5 Å². The van der Waals surface area contributed by atoms with Gasteiger partial charge in [0.1, 0.15) is 0 Å². The van der Waals surface area contributed by atoms with Gasteiger partial charge in [0, 0.05) is 11.8 Å². The van der Waals surface area contributed by atoms with Gasteiger partial charge >= 0.3 is 5.97 Å². The van der Waals surface area contributed by atoms with Crippen LogP contribution in [0.2, 0.25) is 0 Å². The normalized spacial score (nSPS) is 13.7. The second-order valence-corrected chi connectivity index (χ2v) is 4.80. The van der Waals surface area contributed by atoms with E-state index >= 15 is 0 Å². The Hall–Kier alpha value is -1.60. The van der Waals surface area contributed by atoms with Crippen molar-refractivity contribution in [3.63, 3.8) is 0 Å². The van der Waals surface area contributed by atoms with Crippen molar-refractivity contribution < 1.29 is 19.6 Å². The van der Waals surface area contributed by atoms with E-state index in [0.29, 0.717) is 4.90 Å². The minimum atomic E-state index is -1.68. The summed E-state index contributed by atoms with van der Waals surface area (Å²) in [7, 11) is 1.17. The fourth-order valence-corrected chi connectivity index (χ4v) is 2.25. The molecule has 1 unspecified atom stereocenters. The number of nitro benzene ring substituents is 1. The zero-order valence-corrected chi connectivity index (χ0v) is 10.8. The van der Waals surface area contributed by atoms with Crippen LogP contribution in [0.4, 0.5) is 5.69 Å². The number of esters is 1. The molecule has 0 heterocycles. The topological polar surface area (TPSA) is 89.7 Å². The maximum absolute atomic E-state index is 11.3. The Balaban J connectivity index is 2.81. The van der Waals surface area contributed by atoms with Crippen LogP contribution in [0.3, 0.4) is 0 Å². The van der Waals surface area contributed by atoms with E-state index in [9.17, 15) is 20.0 Å². The molecule has 0 radical (unpaired) electrons. The number of carbonyl (C=O) groups excluding carboxylic acids is 1. The number of rotatable bonds is 5. The van der Waals surface area contributed by atoms with Gasteiger partial charge in [0.05, 0.1) is 16.9 Å². The van der Waals surface area contributed by atoms with Crippen LogP contribution in [0.5, 0.6) is 0 Å². The van der Waals surface area contributed by atoms with E-state index in [1.54, 1.807) is 18.2 Å². The number of aliphatic hydroxyl groups is 1. The lowest BCUT2D eigenvalue weighted by Gasteiger charge is -2.19. The highest BCUT2D eigenvalue weighted by Crippen LogP contribution is 2.31. The summed E-state index contributed by atoms with van der Waals surface area (Å²) in [5, 5.41) is 20.6. The molecular formula is C11H13NO5S. The number of nitrogens with zero attached hydrogens (tertiary/aromatic N) is 1. The van der Waals surface area contributed by atoms with Gasteiger partial charge in [0.15, 0.2) is 5.60 Å². The van der Waals surface area contributed by atoms with Gasteiger partial charge in [0.25, 0.3) is 5.69 Å². The predicted octanol–water partition coefficient (Wildman–Crippen LogP) is 1.61. The first-order chi connectivity index (χ1) is 8.38. The second-order valence-electron chi connectivity index (χ2n) is 3.78. The Labute approximate surface area is 108 Å². The van der Waals surface area contributed by atoms with Gasteiger partial charge in [0.2, 0.25) is 0 Å². The molecule has 0 aliphatic carbocycles. The number of para-hydroxylation sites is 1. The van der Waals surface area contributed by atoms with Crippen LogP contribution in [0.25, 0.3) is 0 Å². The molecular weight excluding hydrogens is 258 g/mol. The average Bonchev–Trinajstić information content (AvgIpc) is 2.35. The van der Waals surface area contributed by atoms with Gasteiger partial charge in [-0.25, -0.2) is 4.79 Å². The minimum absolute atomic E-state index is 0.0233. The maximum atomic E-state index is 11.3. The third-order valence-corrected chi connectivity index (χ3v) is 3.56. The van der Waals surface area contributed by atoms with Crippen molar-refractivity contribution in [3.8, 4) is 0 Å². The fourth-order valence-electron chi connectivity index (χ4n) is 1.23. The third-order valence-electron chi connectivity index (χ3n) is 2.20. The van der Waals surface area contributed by atoms with Crippen molar-refractivity contribution in [1.82, 2.24) is 0 Å². The summed E-state index contributed by atoms with van der Waals surface area (Å²) >= 11 is 1.03. The van der Waals surface area contributed by atoms with Crippen molar-refractivity contribution in [2.75, 3.05) is 12.9 Å². The summed E-state index contributed by atoms with van der Waals surface area (Å²) in [6, 6.07) is 6.15. The zero-order valence-electron chi connectivity index (χ0n) is 9.95. The molecule has 7 heteroatoms. The number of thioether (sulfide) groups is 1. The molecule has 0 fully saturated rings. The summed E-state index contributed by atoms with van der Waals surface area (Å²) in [6.45, 7) is 1.31. The van der Waals surface area contributed by atoms with Crippen molar-refractivity contribution in [1.29, 1.82) is 0 Å². The quantitative estimate of drug-likeness (QED) is 0.379. The first-order valence-electron chi connectivity index (χ1n) is 5.05. The molecule has 98 valence electrons. The van der Waals surface area contributed by atoms with Crippen molar-refractivity contribution >= 4 is 23.4 Å². The van der Waals surface area contributed by atoms with Gasteiger partial charge in [-0.2, -0.15) is 0 Å². The highest BCUT2D eigenvalue weighted by atomic mass is 32.2. The van der Waals surface area contributed by atoms with E-state index in [-0.39, 0.29) is 11.4 Å². The van der Waals surface area contributed by atoms with Crippen LogP contribution in [-0.2, 0) is 9.53 Å². The largest absolute Gasteiger partial charge is 0.467 e. The molecule has 1 rings (SSSR count). The molecule has 0 aliphatic rings. The number of methoxy groups -OCH3 is 1. The lowest BCUT2D eigenvalue weighted by atomic mass is 10.1. The van der Waals surface area contributed by atoms with Crippen LogP contribution in [0, 0.1) is 10.1 Å². The lowest BCUT2D eigenvalue weighted by molar-refractivity contribution is -0.387. The molecule has 0 aromatic heterocycles. The molecule has 1 N–H and O–H groups in total. The third kappa shape index (κ3) is 3.44. The molecule has 0 saturated carbocycles. The first kappa shape index (κ1) is 14.5. The van der Waals surface area contributed by atoms with Gasteiger partial charge in [-0.1, -0.05) is 12.1 Å². The van der Waals surface area contributed by atoms with Crippen LogP contribution >= 0.6 is 11.8 Å². The summed E-state index contributed by atoms with van der Waals surface area (Å²) in [6.07, 6.45) is 0. The molecule has 0 spiro atoms. The summed E-state index contributed by atoms with van der Waals surface area (Å²) in [4.78, 5) is 21.9. The fraction of sp³-hybridized carbons (Fsp3) is 0.364. The monoisotopic (exact) mass is 271 g/mol. The number of benzene rings is 1. The Morgan fingerprint density at radius 1 is 1.56 bits per heavy atom. The number of ether oxygens (including phenoxy) is 1. The van der Waals surface area contributed by atoms with Crippen LogP contribution in [0.15, 0.2) is 29.2 Å². The van der Waals surface area contributed by atoms with E-state index in [1.165, 1.54) is 20.1 Å². The molecule has 1 atom stereocenters. The molecule has 0 amide bonds. The summed E-state index contributed by atoms with van der Waals surface area (Å²) in [5.74, 6) is -0.793. The predicted molar refractivity (Wildman–Crippen MR) is 66.5 cm³/mol. The Morgan fingerprint density at radius 2 is 2.17 bits per heavy atom. The zero-order chi connectivity index (χ0) is 13.8.